The fourth-order valence-electron chi connectivity index (χ4n) is 3.42. The molecule has 18 heavy (non-hydrogen) atoms. The van der Waals surface area contributed by atoms with Gasteiger partial charge in [0.2, 0.25) is 0 Å². The van der Waals surface area contributed by atoms with E-state index in [0.717, 1.165) is 45.3 Å². The number of carboxylic acids is 1. The van der Waals surface area contributed by atoms with E-state index >= 15 is 0 Å². The standard InChI is InChI=1S/C14H25NO3/c1-3-11-9-18-10(2)8-15(11)13-7-5-4-6-12(13)14(16)17/h10-13H,3-9H2,1-2H3,(H,16,17). The normalized spacial score (nSPS) is 38.6. The molecular weight excluding hydrogens is 230 g/mol. The maximum atomic E-state index is 11.4. The van der Waals surface area contributed by atoms with Crippen LogP contribution in [0.15, 0.2) is 0 Å². The molecule has 0 spiro atoms. The summed E-state index contributed by atoms with van der Waals surface area (Å²) in [5.41, 5.74) is 0. The van der Waals surface area contributed by atoms with Gasteiger partial charge in [0.15, 0.2) is 0 Å². The van der Waals surface area contributed by atoms with E-state index in [0.29, 0.717) is 6.04 Å². The van der Waals surface area contributed by atoms with Crippen molar-refractivity contribution in [3.63, 3.8) is 0 Å². The molecule has 4 atom stereocenters. The molecule has 1 N–H and O–H groups in total. The first kappa shape index (κ1) is 13.8. The monoisotopic (exact) mass is 255 g/mol. The van der Waals surface area contributed by atoms with E-state index in [9.17, 15) is 9.90 Å². The topological polar surface area (TPSA) is 49.8 Å². The molecule has 1 aliphatic heterocycles. The second-order valence-corrected chi connectivity index (χ2v) is 5.70. The van der Waals surface area contributed by atoms with Crippen LogP contribution in [-0.4, -0.2) is 47.3 Å². The summed E-state index contributed by atoms with van der Waals surface area (Å²) in [5.74, 6) is -0.799. The van der Waals surface area contributed by atoms with Crippen molar-refractivity contribution in [2.24, 2.45) is 5.92 Å². The summed E-state index contributed by atoms with van der Waals surface area (Å²) in [7, 11) is 0. The maximum absolute atomic E-state index is 11.4. The molecule has 0 radical (unpaired) electrons. The van der Waals surface area contributed by atoms with Crippen LogP contribution in [0.5, 0.6) is 0 Å². The highest BCUT2D eigenvalue weighted by Gasteiger charge is 2.39. The Labute approximate surface area is 109 Å². The van der Waals surface area contributed by atoms with Crippen LogP contribution in [-0.2, 0) is 9.53 Å². The van der Waals surface area contributed by atoms with Gasteiger partial charge in [0.05, 0.1) is 18.6 Å². The highest BCUT2D eigenvalue weighted by Crippen LogP contribution is 2.32. The minimum Gasteiger partial charge on any atom is -0.481 e. The third-order valence-electron chi connectivity index (χ3n) is 4.45. The summed E-state index contributed by atoms with van der Waals surface area (Å²) in [4.78, 5) is 13.8. The quantitative estimate of drug-likeness (QED) is 0.839. The molecule has 2 rings (SSSR count). The van der Waals surface area contributed by atoms with Gasteiger partial charge in [0.1, 0.15) is 0 Å². The van der Waals surface area contributed by atoms with Gasteiger partial charge in [-0.2, -0.15) is 0 Å². The lowest BCUT2D eigenvalue weighted by molar-refractivity contribution is -0.149. The van der Waals surface area contributed by atoms with Gasteiger partial charge in [0.25, 0.3) is 0 Å². The molecule has 0 aromatic carbocycles. The molecule has 104 valence electrons. The molecule has 2 aliphatic rings. The SMILES string of the molecule is CCC1COC(C)CN1C1CCCCC1C(=O)O. The minimum absolute atomic E-state index is 0.182. The Kier molecular flexibility index (Phi) is 4.62. The lowest BCUT2D eigenvalue weighted by Gasteiger charge is -2.46. The van der Waals surface area contributed by atoms with E-state index < -0.39 is 5.97 Å². The van der Waals surface area contributed by atoms with Gasteiger partial charge in [-0.3, -0.25) is 9.69 Å². The Hall–Kier alpha value is -0.610. The summed E-state index contributed by atoms with van der Waals surface area (Å²) in [5, 5.41) is 9.41. The highest BCUT2D eigenvalue weighted by molar-refractivity contribution is 5.71. The van der Waals surface area contributed by atoms with Crippen molar-refractivity contribution in [2.45, 2.75) is 64.1 Å². The van der Waals surface area contributed by atoms with E-state index in [1.54, 1.807) is 0 Å². The number of ether oxygens (including phenoxy) is 1. The van der Waals surface area contributed by atoms with Crippen LogP contribution in [0.4, 0.5) is 0 Å². The Morgan fingerprint density at radius 3 is 2.78 bits per heavy atom. The second-order valence-electron chi connectivity index (χ2n) is 5.70. The molecule has 0 amide bonds. The Bertz CT molecular complexity index is 295. The van der Waals surface area contributed by atoms with Crippen molar-refractivity contribution >= 4 is 5.97 Å². The number of aliphatic carboxylic acids is 1. The van der Waals surface area contributed by atoms with Crippen LogP contribution in [0.25, 0.3) is 0 Å². The van der Waals surface area contributed by atoms with Crippen molar-refractivity contribution in [2.75, 3.05) is 13.2 Å². The third kappa shape index (κ3) is 2.86. The first-order chi connectivity index (χ1) is 8.63. The molecule has 1 saturated carbocycles. The summed E-state index contributed by atoms with van der Waals surface area (Å²) in [6.07, 6.45) is 5.35. The number of nitrogens with zero attached hydrogens (tertiary/aromatic N) is 1. The van der Waals surface area contributed by atoms with Crippen molar-refractivity contribution in [1.29, 1.82) is 0 Å². The van der Waals surface area contributed by atoms with Gasteiger partial charge >= 0.3 is 5.97 Å². The number of rotatable bonds is 3. The fraction of sp³-hybridized carbons (Fsp3) is 0.929. The maximum Gasteiger partial charge on any atom is 0.308 e. The number of hydrogen-bond donors (Lipinski definition) is 1. The summed E-state index contributed by atoms with van der Waals surface area (Å²) < 4.78 is 5.71. The van der Waals surface area contributed by atoms with Crippen LogP contribution in [0, 0.1) is 5.92 Å². The van der Waals surface area contributed by atoms with Crippen molar-refractivity contribution < 1.29 is 14.6 Å². The molecule has 2 fully saturated rings. The first-order valence-electron chi connectivity index (χ1n) is 7.23. The first-order valence-corrected chi connectivity index (χ1v) is 7.23. The second kappa shape index (κ2) is 6.02. The summed E-state index contributed by atoms with van der Waals surface area (Å²) in [6.45, 7) is 5.88. The van der Waals surface area contributed by atoms with Gasteiger partial charge < -0.3 is 9.84 Å². The molecule has 0 aromatic rings. The summed E-state index contributed by atoms with van der Waals surface area (Å²) in [6, 6.07) is 0.610. The zero-order valence-corrected chi connectivity index (χ0v) is 11.5. The third-order valence-corrected chi connectivity index (χ3v) is 4.45. The number of carbonyl (C=O) groups is 1. The van der Waals surface area contributed by atoms with Gasteiger partial charge in [-0.15, -0.1) is 0 Å². The smallest absolute Gasteiger partial charge is 0.308 e. The molecule has 1 aliphatic carbocycles. The molecule has 4 unspecified atom stereocenters. The van der Waals surface area contributed by atoms with Crippen molar-refractivity contribution in [1.82, 2.24) is 4.90 Å². The molecule has 4 heteroatoms. The van der Waals surface area contributed by atoms with Gasteiger partial charge in [0, 0.05) is 18.6 Å². The molecule has 0 bridgehead atoms. The van der Waals surface area contributed by atoms with Crippen LogP contribution >= 0.6 is 0 Å². The zero-order valence-electron chi connectivity index (χ0n) is 11.5. The Morgan fingerprint density at radius 1 is 1.39 bits per heavy atom. The van der Waals surface area contributed by atoms with Crippen molar-refractivity contribution in [3.05, 3.63) is 0 Å². The van der Waals surface area contributed by atoms with Gasteiger partial charge in [-0.25, -0.2) is 0 Å². The number of hydrogen-bond acceptors (Lipinski definition) is 3. The van der Waals surface area contributed by atoms with Crippen molar-refractivity contribution in [3.8, 4) is 0 Å². The molecule has 4 nitrogen and oxygen atoms in total. The minimum atomic E-state index is -0.617. The average Bonchev–Trinajstić information content (AvgIpc) is 2.38. The highest BCUT2D eigenvalue weighted by atomic mass is 16.5. The number of carboxylic acid groups (broad SMARTS) is 1. The van der Waals surface area contributed by atoms with E-state index in [4.69, 9.17) is 4.74 Å². The van der Waals surface area contributed by atoms with Crippen LogP contribution < -0.4 is 0 Å². The lowest BCUT2D eigenvalue weighted by atomic mass is 9.82. The van der Waals surface area contributed by atoms with Crippen LogP contribution in [0.1, 0.15) is 46.0 Å². The Morgan fingerprint density at radius 2 is 2.11 bits per heavy atom. The van der Waals surface area contributed by atoms with Gasteiger partial charge in [-0.05, 0) is 26.2 Å². The largest absolute Gasteiger partial charge is 0.481 e. The zero-order chi connectivity index (χ0) is 13.1. The van der Waals surface area contributed by atoms with Crippen LogP contribution in [0.3, 0.4) is 0 Å². The van der Waals surface area contributed by atoms with E-state index in [-0.39, 0.29) is 18.1 Å². The van der Waals surface area contributed by atoms with E-state index in [1.165, 1.54) is 0 Å². The van der Waals surface area contributed by atoms with E-state index in [1.807, 2.05) is 0 Å². The van der Waals surface area contributed by atoms with Gasteiger partial charge in [-0.1, -0.05) is 19.8 Å². The summed E-state index contributed by atoms with van der Waals surface area (Å²) >= 11 is 0. The van der Waals surface area contributed by atoms with Crippen LogP contribution in [0.2, 0.25) is 0 Å². The average molecular weight is 255 g/mol. The predicted octanol–water partition coefficient (Wildman–Crippen LogP) is 2.13. The number of morpholine rings is 1. The molecule has 0 aromatic heterocycles. The fourth-order valence-corrected chi connectivity index (χ4v) is 3.42. The molecular formula is C14H25NO3. The lowest BCUT2D eigenvalue weighted by Crippen LogP contribution is -2.56. The molecule has 1 saturated heterocycles. The van der Waals surface area contributed by atoms with E-state index in [2.05, 4.69) is 18.7 Å². The predicted molar refractivity (Wildman–Crippen MR) is 69.6 cm³/mol. The molecule has 1 heterocycles. The Balaban J connectivity index is 2.12.